The first-order chi connectivity index (χ1) is 8.04. The fourth-order valence-corrected chi connectivity index (χ4v) is 2.02. The molecule has 0 aliphatic heterocycles. The molecule has 0 spiro atoms. The van der Waals surface area contributed by atoms with Gasteiger partial charge in [0.2, 0.25) is 0 Å². The lowest BCUT2D eigenvalue weighted by atomic mass is 10.2. The molecule has 0 unspecified atom stereocenters. The molecule has 0 saturated carbocycles. The molecular formula is C11H13N3O2S. The third-order valence-electron chi connectivity index (χ3n) is 2.45. The molecule has 17 heavy (non-hydrogen) atoms. The first-order valence-corrected chi connectivity index (χ1v) is 6.42. The Kier molecular flexibility index (Phi) is 3.06. The predicted molar refractivity (Wildman–Crippen MR) is 67.6 cm³/mol. The van der Waals surface area contributed by atoms with Crippen LogP contribution in [0.25, 0.3) is 11.0 Å². The molecule has 2 heterocycles. The van der Waals surface area contributed by atoms with Gasteiger partial charge in [-0.1, -0.05) is 11.8 Å². The highest BCUT2D eigenvalue weighted by molar-refractivity contribution is 7.98. The molecule has 0 aliphatic carbocycles. The highest BCUT2D eigenvalue weighted by atomic mass is 32.2. The average Bonchev–Trinajstić information content (AvgIpc) is 2.27. The number of rotatable bonds is 2. The van der Waals surface area contributed by atoms with Crippen molar-refractivity contribution in [3.8, 4) is 5.75 Å². The van der Waals surface area contributed by atoms with Gasteiger partial charge in [-0.05, 0) is 20.1 Å². The van der Waals surface area contributed by atoms with Gasteiger partial charge in [0.25, 0.3) is 5.56 Å². The average molecular weight is 251 g/mol. The summed E-state index contributed by atoms with van der Waals surface area (Å²) >= 11 is 1.40. The quantitative estimate of drug-likeness (QED) is 0.651. The van der Waals surface area contributed by atoms with Gasteiger partial charge in [-0.3, -0.25) is 9.36 Å². The highest BCUT2D eigenvalue weighted by Gasteiger charge is 2.12. The molecule has 0 aliphatic rings. The topological polar surface area (TPSA) is 68.0 Å². The summed E-state index contributed by atoms with van der Waals surface area (Å²) in [5.74, 6) is -0.0745. The summed E-state index contributed by atoms with van der Waals surface area (Å²) in [5.41, 5.74) is 0.222. The van der Waals surface area contributed by atoms with E-state index in [9.17, 15) is 9.90 Å². The van der Waals surface area contributed by atoms with E-state index >= 15 is 0 Å². The summed E-state index contributed by atoms with van der Waals surface area (Å²) in [7, 11) is 0. The van der Waals surface area contributed by atoms with Crippen LogP contribution >= 0.6 is 11.8 Å². The largest absolute Gasteiger partial charge is 0.507 e. The smallest absolute Gasteiger partial charge is 0.256 e. The van der Waals surface area contributed by atoms with Gasteiger partial charge in [-0.2, -0.15) is 0 Å². The Bertz CT molecular complexity index is 622. The van der Waals surface area contributed by atoms with Crippen LogP contribution in [-0.2, 0) is 0 Å². The molecule has 0 aromatic carbocycles. The zero-order valence-corrected chi connectivity index (χ0v) is 10.7. The maximum atomic E-state index is 11.8. The molecule has 0 radical (unpaired) electrons. The minimum atomic E-state index is -0.254. The van der Waals surface area contributed by atoms with Crippen molar-refractivity contribution in [1.82, 2.24) is 14.5 Å². The summed E-state index contributed by atoms with van der Waals surface area (Å²) in [5, 5.41) is 10.8. The van der Waals surface area contributed by atoms with Crippen LogP contribution in [0.4, 0.5) is 0 Å². The Balaban J connectivity index is 2.91. The van der Waals surface area contributed by atoms with Crippen molar-refractivity contribution in [3.63, 3.8) is 0 Å². The second-order valence-electron chi connectivity index (χ2n) is 3.93. The third kappa shape index (κ3) is 2.00. The second kappa shape index (κ2) is 4.37. The Morgan fingerprint density at radius 1 is 1.47 bits per heavy atom. The van der Waals surface area contributed by atoms with Crippen LogP contribution in [0.5, 0.6) is 5.75 Å². The van der Waals surface area contributed by atoms with Gasteiger partial charge >= 0.3 is 0 Å². The van der Waals surface area contributed by atoms with Gasteiger partial charge in [-0.15, -0.1) is 0 Å². The van der Waals surface area contributed by atoms with E-state index in [0.717, 1.165) is 0 Å². The first kappa shape index (κ1) is 11.9. The Morgan fingerprint density at radius 2 is 2.18 bits per heavy atom. The minimum absolute atomic E-state index is 0.0183. The van der Waals surface area contributed by atoms with Crippen LogP contribution in [0.15, 0.2) is 22.2 Å². The lowest BCUT2D eigenvalue weighted by Gasteiger charge is -2.13. The molecule has 6 heteroatoms. The van der Waals surface area contributed by atoms with E-state index in [4.69, 9.17) is 0 Å². The molecule has 0 amide bonds. The number of thioether (sulfide) groups is 1. The number of fused-ring (bicyclic) bond motifs is 1. The number of aromatic hydroxyl groups is 1. The molecule has 2 aromatic rings. The van der Waals surface area contributed by atoms with Crippen molar-refractivity contribution in [2.24, 2.45) is 0 Å². The number of aromatic nitrogens is 3. The molecule has 0 bridgehead atoms. The van der Waals surface area contributed by atoms with E-state index in [1.54, 1.807) is 10.8 Å². The zero-order chi connectivity index (χ0) is 12.6. The standard InChI is InChI=1S/C11H13N3O2S/c1-6(2)14-9(16)4-8(15)7-5-12-11(17-3)13-10(7)14/h4-6,15H,1-3H3. The normalized spacial score (nSPS) is 11.3. The van der Waals surface area contributed by atoms with Gasteiger partial charge in [0.05, 0.1) is 5.39 Å². The molecule has 0 fully saturated rings. The van der Waals surface area contributed by atoms with Gasteiger partial charge in [0.1, 0.15) is 5.75 Å². The highest BCUT2D eigenvalue weighted by Crippen LogP contribution is 2.23. The lowest BCUT2D eigenvalue weighted by Crippen LogP contribution is -2.22. The monoisotopic (exact) mass is 251 g/mol. The number of pyridine rings is 1. The maximum Gasteiger partial charge on any atom is 0.256 e. The minimum Gasteiger partial charge on any atom is -0.507 e. The number of nitrogens with zero attached hydrogens (tertiary/aromatic N) is 3. The zero-order valence-electron chi connectivity index (χ0n) is 9.84. The molecule has 2 rings (SSSR count). The van der Waals surface area contributed by atoms with Crippen LogP contribution in [0.2, 0.25) is 0 Å². The maximum absolute atomic E-state index is 11.8. The third-order valence-corrected chi connectivity index (χ3v) is 3.01. The molecular weight excluding hydrogens is 238 g/mol. The van der Waals surface area contributed by atoms with Crippen molar-refractivity contribution in [1.29, 1.82) is 0 Å². The molecule has 5 nitrogen and oxygen atoms in total. The van der Waals surface area contributed by atoms with Crippen molar-refractivity contribution in [3.05, 3.63) is 22.6 Å². The Hall–Kier alpha value is -1.56. The van der Waals surface area contributed by atoms with E-state index < -0.39 is 0 Å². The van der Waals surface area contributed by atoms with E-state index in [0.29, 0.717) is 16.2 Å². The SMILES string of the molecule is CSc1ncc2c(O)cc(=O)n(C(C)C)c2n1. The molecule has 1 N–H and O–H groups in total. The van der Waals surface area contributed by atoms with Crippen molar-refractivity contribution < 1.29 is 5.11 Å². The van der Waals surface area contributed by atoms with Crippen molar-refractivity contribution in [2.45, 2.75) is 25.0 Å². The fraction of sp³-hybridized carbons (Fsp3) is 0.364. The summed E-state index contributed by atoms with van der Waals surface area (Å²) in [4.78, 5) is 20.2. The van der Waals surface area contributed by atoms with Crippen molar-refractivity contribution >= 4 is 22.8 Å². The van der Waals surface area contributed by atoms with Crippen molar-refractivity contribution in [2.75, 3.05) is 6.26 Å². The van der Waals surface area contributed by atoms with Crippen LogP contribution in [0.3, 0.4) is 0 Å². The van der Waals surface area contributed by atoms with Gasteiger partial charge < -0.3 is 5.11 Å². The van der Waals surface area contributed by atoms with E-state index in [1.165, 1.54) is 17.8 Å². The van der Waals surface area contributed by atoms with E-state index in [-0.39, 0.29) is 17.4 Å². The van der Waals surface area contributed by atoms with Crippen LogP contribution in [0.1, 0.15) is 19.9 Å². The van der Waals surface area contributed by atoms with Crippen LogP contribution in [0, 0.1) is 0 Å². The van der Waals surface area contributed by atoms with Gasteiger partial charge in [0, 0.05) is 18.3 Å². The summed E-state index contributed by atoms with van der Waals surface area (Å²) in [6.45, 7) is 3.80. The molecule has 2 aromatic heterocycles. The summed E-state index contributed by atoms with van der Waals surface area (Å²) in [6, 6.07) is 1.18. The van der Waals surface area contributed by atoms with Gasteiger partial charge in [0.15, 0.2) is 10.8 Å². The number of hydrogen-bond acceptors (Lipinski definition) is 5. The van der Waals surface area contributed by atoms with Crippen LogP contribution in [-0.4, -0.2) is 25.9 Å². The Labute approximate surface area is 103 Å². The molecule has 0 atom stereocenters. The first-order valence-electron chi connectivity index (χ1n) is 5.20. The summed E-state index contributed by atoms with van der Waals surface area (Å²) in [6.07, 6.45) is 3.41. The Morgan fingerprint density at radius 3 is 2.76 bits per heavy atom. The van der Waals surface area contributed by atoms with Gasteiger partial charge in [-0.25, -0.2) is 9.97 Å². The second-order valence-corrected chi connectivity index (χ2v) is 4.70. The molecule has 0 saturated heterocycles. The summed E-state index contributed by atoms with van der Waals surface area (Å²) < 4.78 is 1.55. The lowest BCUT2D eigenvalue weighted by molar-refractivity contribution is 0.476. The fourth-order valence-electron chi connectivity index (χ4n) is 1.69. The molecule has 90 valence electrons. The van der Waals surface area contributed by atoms with E-state index in [1.807, 2.05) is 20.1 Å². The number of hydrogen-bond donors (Lipinski definition) is 1. The van der Waals surface area contributed by atoms with E-state index in [2.05, 4.69) is 9.97 Å². The van der Waals surface area contributed by atoms with Crippen LogP contribution < -0.4 is 5.56 Å². The predicted octanol–water partition coefficient (Wildman–Crippen LogP) is 1.80.